The highest BCUT2D eigenvalue weighted by molar-refractivity contribution is 6.42. The van der Waals surface area contributed by atoms with Crippen LogP contribution in [0, 0.1) is 17.3 Å². The minimum atomic E-state index is -4.45. The molecular formula is C30H35Cl2F3N4O2. The van der Waals surface area contributed by atoms with Gasteiger partial charge in [-0.25, -0.2) is 4.98 Å². The molecule has 2 amide bonds. The number of rotatable bonds is 7. The predicted molar refractivity (Wildman–Crippen MR) is 153 cm³/mol. The number of carbonyl (C=O) groups excluding carboxylic acids is 2. The number of pyridine rings is 1. The summed E-state index contributed by atoms with van der Waals surface area (Å²) in [7, 11) is 0. The van der Waals surface area contributed by atoms with Crippen molar-refractivity contribution in [2.45, 2.75) is 51.6 Å². The van der Waals surface area contributed by atoms with E-state index in [1.807, 2.05) is 40.7 Å². The van der Waals surface area contributed by atoms with Crippen LogP contribution in [0.4, 0.5) is 19.0 Å². The van der Waals surface area contributed by atoms with Crippen molar-refractivity contribution < 1.29 is 22.8 Å². The van der Waals surface area contributed by atoms with Crippen LogP contribution in [0.5, 0.6) is 0 Å². The molecule has 3 heterocycles. The molecule has 2 aliphatic heterocycles. The lowest BCUT2D eigenvalue weighted by Gasteiger charge is -2.34. The van der Waals surface area contributed by atoms with Gasteiger partial charge in [-0.2, -0.15) is 13.2 Å². The third-order valence-electron chi connectivity index (χ3n) is 9.01. The summed E-state index contributed by atoms with van der Waals surface area (Å²) < 4.78 is 39.3. The topological polar surface area (TPSA) is 56.8 Å². The van der Waals surface area contributed by atoms with Crippen molar-refractivity contribution in [3.05, 3.63) is 57.7 Å². The standard InChI is InChI=1S/C30H35Cl2F3N4O2/c1-3-37(26-7-5-22(15-36-26)30(33,34)35)16-21-17-39(18-23(21)20-4-6-24(31)25(32)14-20)27(40)19-8-12-38(13-9-19)28(41)29(2)10-11-29/h4-7,14-15,19,21,23H,3,8-13,16-18H2,1-2H3/t21-,23-/m1/s1. The van der Waals surface area contributed by atoms with Gasteiger partial charge in [0.1, 0.15) is 5.82 Å². The molecule has 0 spiro atoms. The maximum absolute atomic E-state index is 13.7. The molecule has 5 rings (SSSR count). The molecule has 1 aliphatic carbocycles. The molecule has 6 nitrogen and oxygen atoms in total. The molecule has 0 N–H and O–H groups in total. The lowest BCUT2D eigenvalue weighted by molar-refractivity contribution is -0.142. The van der Waals surface area contributed by atoms with Crippen molar-refractivity contribution in [3.8, 4) is 0 Å². The van der Waals surface area contributed by atoms with Gasteiger partial charge in [-0.15, -0.1) is 0 Å². The summed E-state index contributed by atoms with van der Waals surface area (Å²) >= 11 is 12.5. The van der Waals surface area contributed by atoms with Crippen molar-refractivity contribution in [1.82, 2.24) is 14.8 Å². The van der Waals surface area contributed by atoms with Gasteiger partial charge in [0.05, 0.1) is 15.6 Å². The van der Waals surface area contributed by atoms with Crippen LogP contribution in [-0.2, 0) is 15.8 Å². The van der Waals surface area contributed by atoms with E-state index in [9.17, 15) is 22.8 Å². The van der Waals surface area contributed by atoms with E-state index in [1.54, 1.807) is 6.07 Å². The van der Waals surface area contributed by atoms with Gasteiger partial charge in [-0.05, 0) is 62.4 Å². The minimum Gasteiger partial charge on any atom is -0.357 e. The zero-order chi connectivity index (χ0) is 29.5. The fourth-order valence-corrected chi connectivity index (χ4v) is 6.44. The molecule has 41 heavy (non-hydrogen) atoms. The second-order valence-electron chi connectivity index (χ2n) is 11.9. The summed E-state index contributed by atoms with van der Waals surface area (Å²) in [6.45, 7) is 7.22. The molecule has 222 valence electrons. The van der Waals surface area contributed by atoms with E-state index in [0.717, 1.165) is 30.7 Å². The van der Waals surface area contributed by atoms with Crippen LogP contribution in [0.3, 0.4) is 0 Å². The first-order valence-corrected chi connectivity index (χ1v) is 15.0. The Kier molecular flexibility index (Phi) is 8.50. The van der Waals surface area contributed by atoms with Crippen LogP contribution in [0.1, 0.15) is 56.6 Å². The summed E-state index contributed by atoms with van der Waals surface area (Å²) in [4.78, 5) is 36.4. The summed E-state index contributed by atoms with van der Waals surface area (Å²) in [6, 6.07) is 7.96. The quantitative estimate of drug-likeness (QED) is 0.358. The number of benzene rings is 1. The van der Waals surface area contributed by atoms with Crippen LogP contribution in [0.25, 0.3) is 0 Å². The average Bonchev–Trinajstić information content (AvgIpc) is 3.57. The molecule has 2 aromatic rings. The second kappa shape index (κ2) is 11.6. The molecule has 0 unspecified atom stereocenters. The van der Waals surface area contributed by atoms with Gasteiger partial charge in [0.25, 0.3) is 0 Å². The molecule has 1 aromatic carbocycles. The zero-order valence-electron chi connectivity index (χ0n) is 23.3. The Morgan fingerprint density at radius 2 is 1.76 bits per heavy atom. The van der Waals surface area contributed by atoms with Gasteiger partial charge in [-0.1, -0.05) is 36.2 Å². The van der Waals surface area contributed by atoms with Crippen molar-refractivity contribution >= 4 is 40.8 Å². The SMILES string of the molecule is CCN(C[C@@H]1CN(C(=O)C2CCN(C(=O)C3(C)CC3)CC2)C[C@@H]1c1ccc(Cl)c(Cl)c1)c1ccc(C(F)(F)F)cn1. The van der Waals surface area contributed by atoms with Crippen molar-refractivity contribution in [1.29, 1.82) is 0 Å². The summed E-state index contributed by atoms with van der Waals surface area (Å²) in [5.41, 5.74) is -0.0315. The minimum absolute atomic E-state index is 0.00304. The molecule has 3 fully saturated rings. The van der Waals surface area contributed by atoms with Gasteiger partial charge >= 0.3 is 6.18 Å². The molecule has 0 bridgehead atoms. The zero-order valence-corrected chi connectivity index (χ0v) is 24.8. The van der Waals surface area contributed by atoms with Gasteiger partial charge in [0.15, 0.2) is 0 Å². The first-order chi connectivity index (χ1) is 19.4. The number of hydrogen-bond acceptors (Lipinski definition) is 4. The Labute approximate surface area is 248 Å². The Bertz CT molecular complexity index is 1280. The Balaban J connectivity index is 1.31. The number of anilines is 1. The monoisotopic (exact) mass is 610 g/mol. The molecule has 3 aliphatic rings. The maximum atomic E-state index is 13.7. The van der Waals surface area contributed by atoms with E-state index >= 15 is 0 Å². The number of aromatic nitrogens is 1. The van der Waals surface area contributed by atoms with Crippen molar-refractivity contribution in [2.24, 2.45) is 17.3 Å². The molecule has 1 aromatic heterocycles. The first kappa shape index (κ1) is 30.0. The number of carbonyl (C=O) groups is 2. The van der Waals surface area contributed by atoms with Gasteiger partial charge < -0.3 is 14.7 Å². The van der Waals surface area contributed by atoms with Gasteiger partial charge in [0, 0.05) is 68.6 Å². The third kappa shape index (κ3) is 6.46. The number of halogens is 5. The maximum Gasteiger partial charge on any atom is 0.417 e. The number of amides is 2. The molecule has 2 atom stereocenters. The summed E-state index contributed by atoms with van der Waals surface area (Å²) in [5.74, 6) is 0.585. The first-order valence-electron chi connectivity index (χ1n) is 14.2. The number of alkyl halides is 3. The summed E-state index contributed by atoms with van der Waals surface area (Å²) in [5, 5.41) is 0.884. The molecule has 11 heteroatoms. The average molecular weight is 612 g/mol. The van der Waals surface area contributed by atoms with E-state index < -0.39 is 11.7 Å². The number of nitrogens with zero attached hydrogens (tertiary/aromatic N) is 4. The molecule has 2 saturated heterocycles. The fourth-order valence-electron chi connectivity index (χ4n) is 6.14. The van der Waals surface area contributed by atoms with Crippen LogP contribution in [-0.4, -0.2) is 65.9 Å². The number of hydrogen-bond donors (Lipinski definition) is 0. The van der Waals surface area contributed by atoms with Gasteiger partial charge in [-0.3, -0.25) is 9.59 Å². The lowest BCUT2D eigenvalue weighted by Crippen LogP contribution is -2.46. The normalized spacial score (nSPS) is 22.6. The fraction of sp³-hybridized carbons (Fsp3) is 0.567. The molecule has 1 saturated carbocycles. The Morgan fingerprint density at radius 3 is 2.32 bits per heavy atom. The number of piperidine rings is 1. The van der Waals surface area contributed by atoms with Crippen LogP contribution in [0.15, 0.2) is 36.5 Å². The highest BCUT2D eigenvalue weighted by Gasteiger charge is 2.48. The van der Waals surface area contributed by atoms with Crippen molar-refractivity contribution in [3.63, 3.8) is 0 Å². The predicted octanol–water partition coefficient (Wildman–Crippen LogP) is 6.51. The van der Waals surface area contributed by atoms with E-state index in [1.165, 1.54) is 6.07 Å². The highest BCUT2D eigenvalue weighted by atomic mass is 35.5. The smallest absolute Gasteiger partial charge is 0.357 e. The Hall–Kier alpha value is -2.52. The van der Waals surface area contributed by atoms with E-state index in [4.69, 9.17) is 23.2 Å². The van der Waals surface area contributed by atoms with E-state index in [0.29, 0.717) is 68.0 Å². The third-order valence-corrected chi connectivity index (χ3v) is 9.75. The summed E-state index contributed by atoms with van der Waals surface area (Å²) in [6.07, 6.45) is -0.419. The number of likely N-dealkylation sites (tertiary alicyclic amines) is 2. The molecular weight excluding hydrogens is 576 g/mol. The van der Waals surface area contributed by atoms with Crippen molar-refractivity contribution in [2.75, 3.05) is 44.2 Å². The van der Waals surface area contributed by atoms with E-state index in [2.05, 4.69) is 4.98 Å². The largest absolute Gasteiger partial charge is 0.417 e. The van der Waals surface area contributed by atoms with Gasteiger partial charge in [0.2, 0.25) is 11.8 Å². The van der Waals surface area contributed by atoms with Crippen LogP contribution in [0.2, 0.25) is 10.0 Å². The van der Waals surface area contributed by atoms with Crippen LogP contribution >= 0.6 is 23.2 Å². The Morgan fingerprint density at radius 1 is 1.05 bits per heavy atom. The van der Waals surface area contributed by atoms with E-state index in [-0.39, 0.29) is 35.0 Å². The highest BCUT2D eigenvalue weighted by Crippen LogP contribution is 2.47. The lowest BCUT2D eigenvalue weighted by atomic mass is 9.88. The van der Waals surface area contributed by atoms with Crippen LogP contribution < -0.4 is 4.90 Å². The second-order valence-corrected chi connectivity index (χ2v) is 12.7. The molecule has 0 radical (unpaired) electrons.